The molecule has 0 aliphatic rings. The topological polar surface area (TPSA) is 98.2 Å². The van der Waals surface area contributed by atoms with E-state index < -0.39 is 5.91 Å². The standard InChI is InChI=1S/C15H14ClN3O2/c1-8-10(14(18)20)3-2-4-13(8)19-15(21)9-5-6-12(17)11(16)7-9/h2-7H,17H2,1H3,(H2,18,20)(H,19,21). The zero-order chi connectivity index (χ0) is 15.6. The van der Waals surface area contributed by atoms with E-state index in [0.29, 0.717) is 33.1 Å². The van der Waals surface area contributed by atoms with Crippen LogP contribution in [0.1, 0.15) is 26.3 Å². The number of nitrogens with one attached hydrogen (secondary N) is 1. The van der Waals surface area contributed by atoms with Gasteiger partial charge in [-0.15, -0.1) is 0 Å². The number of nitrogens with two attached hydrogens (primary N) is 2. The lowest BCUT2D eigenvalue weighted by molar-refractivity contribution is 0.0995. The normalized spacial score (nSPS) is 10.2. The molecular weight excluding hydrogens is 290 g/mol. The average molecular weight is 304 g/mol. The number of nitrogen functional groups attached to an aromatic ring is 1. The van der Waals surface area contributed by atoms with E-state index >= 15 is 0 Å². The summed E-state index contributed by atoms with van der Waals surface area (Å²) in [5, 5.41) is 3.03. The van der Waals surface area contributed by atoms with Gasteiger partial charge in [-0.1, -0.05) is 17.7 Å². The van der Waals surface area contributed by atoms with Crippen molar-refractivity contribution in [2.24, 2.45) is 5.73 Å². The maximum atomic E-state index is 12.2. The van der Waals surface area contributed by atoms with Crippen molar-refractivity contribution in [3.8, 4) is 0 Å². The van der Waals surface area contributed by atoms with Crippen molar-refractivity contribution in [1.82, 2.24) is 0 Å². The molecular formula is C15H14ClN3O2. The highest BCUT2D eigenvalue weighted by atomic mass is 35.5. The fourth-order valence-corrected chi connectivity index (χ4v) is 2.08. The molecule has 0 atom stereocenters. The number of hydrogen-bond acceptors (Lipinski definition) is 3. The van der Waals surface area contributed by atoms with Crippen LogP contribution in [0.4, 0.5) is 11.4 Å². The number of primary amides is 1. The lowest BCUT2D eigenvalue weighted by Crippen LogP contribution is -2.16. The molecule has 0 heterocycles. The first-order valence-electron chi connectivity index (χ1n) is 6.16. The van der Waals surface area contributed by atoms with Gasteiger partial charge in [0.05, 0.1) is 10.7 Å². The van der Waals surface area contributed by atoms with E-state index in [2.05, 4.69) is 5.32 Å². The van der Waals surface area contributed by atoms with Gasteiger partial charge in [0.1, 0.15) is 0 Å². The predicted octanol–water partition coefficient (Wildman–Crippen LogP) is 2.58. The molecule has 0 saturated heterocycles. The van der Waals surface area contributed by atoms with Gasteiger partial charge < -0.3 is 16.8 Å². The van der Waals surface area contributed by atoms with E-state index in [-0.39, 0.29) is 5.91 Å². The Morgan fingerprint density at radius 2 is 1.90 bits per heavy atom. The van der Waals surface area contributed by atoms with E-state index in [1.165, 1.54) is 6.07 Å². The van der Waals surface area contributed by atoms with Crippen molar-refractivity contribution in [2.45, 2.75) is 6.92 Å². The molecule has 5 N–H and O–H groups in total. The minimum absolute atomic E-state index is 0.310. The molecule has 2 aromatic carbocycles. The summed E-state index contributed by atoms with van der Waals surface area (Å²) in [6.45, 7) is 1.71. The molecule has 108 valence electrons. The largest absolute Gasteiger partial charge is 0.398 e. The van der Waals surface area contributed by atoms with Gasteiger partial charge in [0.2, 0.25) is 5.91 Å². The highest BCUT2D eigenvalue weighted by Crippen LogP contribution is 2.22. The Balaban J connectivity index is 2.29. The Bertz CT molecular complexity index is 729. The number of carbonyl (C=O) groups is 2. The first-order chi connectivity index (χ1) is 9.90. The molecule has 0 aromatic heterocycles. The van der Waals surface area contributed by atoms with Crippen molar-refractivity contribution >= 4 is 34.8 Å². The highest BCUT2D eigenvalue weighted by molar-refractivity contribution is 6.33. The first kappa shape index (κ1) is 14.9. The zero-order valence-corrected chi connectivity index (χ0v) is 12.1. The number of amides is 2. The number of hydrogen-bond donors (Lipinski definition) is 3. The molecule has 0 saturated carbocycles. The van der Waals surface area contributed by atoms with Crippen LogP contribution in [-0.2, 0) is 0 Å². The fourth-order valence-electron chi connectivity index (χ4n) is 1.90. The van der Waals surface area contributed by atoms with E-state index in [4.69, 9.17) is 23.1 Å². The van der Waals surface area contributed by atoms with Gasteiger partial charge in [0.15, 0.2) is 0 Å². The summed E-state index contributed by atoms with van der Waals surface area (Å²) in [4.78, 5) is 23.5. The number of carbonyl (C=O) groups excluding carboxylic acids is 2. The number of halogens is 1. The summed E-state index contributed by atoms with van der Waals surface area (Å²) in [6, 6.07) is 9.57. The molecule has 21 heavy (non-hydrogen) atoms. The van der Waals surface area contributed by atoms with Gasteiger partial charge in [-0.25, -0.2) is 0 Å². The first-order valence-corrected chi connectivity index (χ1v) is 6.53. The summed E-state index contributed by atoms with van der Waals surface area (Å²) in [6.07, 6.45) is 0. The monoisotopic (exact) mass is 303 g/mol. The van der Waals surface area contributed by atoms with Gasteiger partial charge in [-0.05, 0) is 42.8 Å². The van der Waals surface area contributed by atoms with Crippen LogP contribution < -0.4 is 16.8 Å². The fraction of sp³-hybridized carbons (Fsp3) is 0.0667. The third kappa shape index (κ3) is 3.14. The summed E-state index contributed by atoms with van der Waals surface area (Å²) in [5.74, 6) is -0.888. The molecule has 2 rings (SSSR count). The highest BCUT2D eigenvalue weighted by Gasteiger charge is 2.12. The van der Waals surface area contributed by atoms with E-state index in [1.54, 1.807) is 37.3 Å². The van der Waals surface area contributed by atoms with Crippen LogP contribution in [0.15, 0.2) is 36.4 Å². The Hall–Kier alpha value is -2.53. The maximum Gasteiger partial charge on any atom is 0.255 e. The summed E-state index contributed by atoms with van der Waals surface area (Å²) >= 11 is 5.89. The molecule has 0 aliphatic carbocycles. The second-order valence-corrected chi connectivity index (χ2v) is 4.94. The quantitative estimate of drug-likeness (QED) is 0.760. The molecule has 0 fully saturated rings. The average Bonchev–Trinajstić information content (AvgIpc) is 2.43. The van der Waals surface area contributed by atoms with E-state index in [0.717, 1.165) is 0 Å². The van der Waals surface area contributed by atoms with Gasteiger partial charge in [0.25, 0.3) is 5.91 Å². The number of rotatable bonds is 3. The zero-order valence-electron chi connectivity index (χ0n) is 11.3. The van der Waals surface area contributed by atoms with E-state index in [1.807, 2.05) is 0 Å². The van der Waals surface area contributed by atoms with Crippen LogP contribution in [-0.4, -0.2) is 11.8 Å². The van der Waals surface area contributed by atoms with Crippen LogP contribution >= 0.6 is 11.6 Å². The molecule has 2 aromatic rings. The van der Waals surface area contributed by atoms with Crippen LogP contribution in [0.3, 0.4) is 0 Å². The van der Waals surface area contributed by atoms with Crippen molar-refractivity contribution < 1.29 is 9.59 Å². The second-order valence-electron chi connectivity index (χ2n) is 4.53. The van der Waals surface area contributed by atoms with Crippen LogP contribution in [0.2, 0.25) is 5.02 Å². The van der Waals surface area contributed by atoms with Gasteiger partial charge in [0, 0.05) is 16.8 Å². The molecule has 0 spiro atoms. The molecule has 5 nitrogen and oxygen atoms in total. The van der Waals surface area contributed by atoms with E-state index in [9.17, 15) is 9.59 Å². The van der Waals surface area contributed by atoms with Crippen LogP contribution in [0.5, 0.6) is 0 Å². The van der Waals surface area contributed by atoms with Gasteiger partial charge in [-0.2, -0.15) is 0 Å². The Morgan fingerprint density at radius 1 is 1.19 bits per heavy atom. The van der Waals surface area contributed by atoms with Crippen molar-refractivity contribution in [3.63, 3.8) is 0 Å². The molecule has 2 amide bonds. The van der Waals surface area contributed by atoms with Crippen LogP contribution in [0, 0.1) is 6.92 Å². The molecule has 0 aliphatic heterocycles. The lowest BCUT2D eigenvalue weighted by atomic mass is 10.1. The summed E-state index contributed by atoms with van der Waals surface area (Å²) in [5.41, 5.74) is 13.2. The van der Waals surface area contributed by atoms with Crippen molar-refractivity contribution in [1.29, 1.82) is 0 Å². The Labute approximate surface area is 126 Å². The maximum absolute atomic E-state index is 12.2. The minimum Gasteiger partial charge on any atom is -0.398 e. The lowest BCUT2D eigenvalue weighted by Gasteiger charge is -2.11. The van der Waals surface area contributed by atoms with Crippen LogP contribution in [0.25, 0.3) is 0 Å². The number of anilines is 2. The SMILES string of the molecule is Cc1c(NC(=O)c2ccc(N)c(Cl)c2)cccc1C(N)=O. The molecule has 0 bridgehead atoms. The van der Waals surface area contributed by atoms with Gasteiger partial charge >= 0.3 is 0 Å². The molecule has 6 heteroatoms. The third-order valence-corrected chi connectivity index (χ3v) is 3.44. The summed E-state index contributed by atoms with van der Waals surface area (Å²) < 4.78 is 0. The Morgan fingerprint density at radius 3 is 2.52 bits per heavy atom. The van der Waals surface area contributed by atoms with Crippen molar-refractivity contribution in [2.75, 3.05) is 11.1 Å². The summed E-state index contributed by atoms with van der Waals surface area (Å²) in [7, 11) is 0. The smallest absolute Gasteiger partial charge is 0.255 e. The Kier molecular flexibility index (Phi) is 4.14. The van der Waals surface area contributed by atoms with Crippen molar-refractivity contribution in [3.05, 3.63) is 58.1 Å². The molecule has 0 unspecified atom stereocenters. The molecule has 0 radical (unpaired) electrons. The van der Waals surface area contributed by atoms with Gasteiger partial charge in [-0.3, -0.25) is 9.59 Å². The number of benzene rings is 2. The second kappa shape index (κ2) is 5.85. The third-order valence-electron chi connectivity index (χ3n) is 3.11. The predicted molar refractivity (Wildman–Crippen MR) is 83.5 cm³/mol. The minimum atomic E-state index is -0.542.